The monoisotopic (exact) mass is 183 g/mol. The second kappa shape index (κ2) is 3.38. The largest absolute Gasteiger partial charge is 0.409 e. The molecule has 0 saturated heterocycles. The van der Waals surface area contributed by atoms with Gasteiger partial charge in [0.2, 0.25) is 0 Å². The highest BCUT2D eigenvalue weighted by molar-refractivity contribution is 5.95. The van der Waals surface area contributed by atoms with Crippen molar-refractivity contribution in [3.63, 3.8) is 0 Å². The van der Waals surface area contributed by atoms with Gasteiger partial charge < -0.3 is 10.9 Å². The molecule has 0 saturated carbocycles. The number of amidine groups is 1. The summed E-state index contributed by atoms with van der Waals surface area (Å²) >= 11 is 0. The zero-order valence-corrected chi connectivity index (χ0v) is 7.37. The van der Waals surface area contributed by atoms with Gasteiger partial charge in [-0.05, 0) is 25.5 Å². The molecule has 0 atom stereocenters. The summed E-state index contributed by atoms with van der Waals surface area (Å²) in [4.78, 5) is 3.81. The second-order valence-electron chi connectivity index (χ2n) is 2.71. The highest BCUT2D eigenvalue weighted by atomic mass is 19.1. The van der Waals surface area contributed by atoms with E-state index in [2.05, 4.69) is 10.1 Å². The Balaban J connectivity index is 3.29. The Kier molecular flexibility index (Phi) is 2.46. The lowest BCUT2D eigenvalue weighted by Crippen LogP contribution is -2.16. The molecule has 0 fully saturated rings. The third-order valence-electron chi connectivity index (χ3n) is 1.68. The van der Waals surface area contributed by atoms with Crippen LogP contribution < -0.4 is 5.73 Å². The van der Waals surface area contributed by atoms with Crippen molar-refractivity contribution in [1.29, 1.82) is 0 Å². The van der Waals surface area contributed by atoms with Crippen LogP contribution in [0.5, 0.6) is 0 Å². The highest BCUT2D eigenvalue weighted by Crippen LogP contribution is 2.10. The number of pyridine rings is 1. The molecule has 0 spiro atoms. The van der Waals surface area contributed by atoms with E-state index in [0.29, 0.717) is 5.56 Å². The first kappa shape index (κ1) is 9.44. The van der Waals surface area contributed by atoms with Gasteiger partial charge in [0.05, 0.1) is 5.69 Å². The minimum absolute atomic E-state index is 0.119. The van der Waals surface area contributed by atoms with Gasteiger partial charge >= 0.3 is 0 Å². The summed E-state index contributed by atoms with van der Waals surface area (Å²) in [5.74, 6) is -0.485. The van der Waals surface area contributed by atoms with Crippen LogP contribution in [0.15, 0.2) is 11.2 Å². The van der Waals surface area contributed by atoms with Crippen molar-refractivity contribution in [3.05, 3.63) is 28.8 Å². The fraction of sp³-hybridized carbons (Fsp3) is 0.250. The van der Waals surface area contributed by atoms with Gasteiger partial charge in [0.1, 0.15) is 11.5 Å². The lowest BCUT2D eigenvalue weighted by molar-refractivity contribution is 0.318. The van der Waals surface area contributed by atoms with E-state index < -0.39 is 0 Å². The Morgan fingerprint density at radius 1 is 1.62 bits per heavy atom. The van der Waals surface area contributed by atoms with Crippen LogP contribution >= 0.6 is 0 Å². The van der Waals surface area contributed by atoms with Gasteiger partial charge in [0, 0.05) is 0 Å². The smallest absolute Gasteiger partial charge is 0.188 e. The van der Waals surface area contributed by atoms with Crippen LogP contribution in [0, 0.1) is 19.7 Å². The van der Waals surface area contributed by atoms with Gasteiger partial charge in [-0.3, -0.25) is 0 Å². The van der Waals surface area contributed by atoms with Gasteiger partial charge in [0.15, 0.2) is 5.84 Å². The molecule has 1 rings (SSSR count). The maximum atomic E-state index is 13.1. The molecule has 1 aromatic heterocycles. The summed E-state index contributed by atoms with van der Waals surface area (Å²) < 4.78 is 13.1. The van der Waals surface area contributed by atoms with E-state index in [0.717, 1.165) is 0 Å². The topological polar surface area (TPSA) is 71.5 Å². The predicted octanol–water partition coefficient (Wildman–Crippen LogP) is 0.932. The number of aromatic nitrogens is 1. The number of hydrogen-bond acceptors (Lipinski definition) is 3. The molecule has 0 radical (unpaired) electrons. The molecule has 70 valence electrons. The molecule has 0 amide bonds. The molecule has 13 heavy (non-hydrogen) atoms. The minimum atomic E-state index is -0.366. The molecule has 0 aromatic carbocycles. The number of halogens is 1. The summed E-state index contributed by atoms with van der Waals surface area (Å²) in [6, 6.07) is 1.43. The maximum absolute atomic E-state index is 13.1. The standard InChI is InChI=1S/C8H10FN3O/c1-4-3-6(8(10)12-13)11-5(2)7(4)9/h3,13H,1-2H3,(H2,10,12). The Labute approximate surface area is 74.9 Å². The van der Waals surface area contributed by atoms with E-state index in [9.17, 15) is 4.39 Å². The van der Waals surface area contributed by atoms with Crippen LogP contribution in [0.1, 0.15) is 17.0 Å². The minimum Gasteiger partial charge on any atom is -0.409 e. The van der Waals surface area contributed by atoms with E-state index in [4.69, 9.17) is 10.9 Å². The third-order valence-corrected chi connectivity index (χ3v) is 1.68. The maximum Gasteiger partial charge on any atom is 0.188 e. The van der Waals surface area contributed by atoms with Gasteiger partial charge in [-0.2, -0.15) is 0 Å². The number of hydrogen-bond donors (Lipinski definition) is 2. The summed E-state index contributed by atoms with van der Waals surface area (Å²) in [6.45, 7) is 3.12. The summed E-state index contributed by atoms with van der Waals surface area (Å²) in [7, 11) is 0. The molecule has 0 unspecified atom stereocenters. The predicted molar refractivity (Wildman–Crippen MR) is 46.2 cm³/mol. The van der Waals surface area contributed by atoms with Crippen molar-refractivity contribution >= 4 is 5.84 Å². The average Bonchev–Trinajstić information content (AvgIpc) is 2.12. The average molecular weight is 183 g/mol. The number of oxime groups is 1. The quantitative estimate of drug-likeness (QED) is 0.294. The van der Waals surface area contributed by atoms with E-state index >= 15 is 0 Å². The second-order valence-corrected chi connectivity index (χ2v) is 2.71. The number of aryl methyl sites for hydroxylation is 2. The van der Waals surface area contributed by atoms with Gasteiger partial charge in [-0.15, -0.1) is 0 Å². The van der Waals surface area contributed by atoms with Crippen molar-refractivity contribution in [2.45, 2.75) is 13.8 Å². The molecule has 1 aromatic rings. The summed E-state index contributed by atoms with van der Waals surface area (Å²) in [6.07, 6.45) is 0. The number of rotatable bonds is 1. The zero-order valence-electron chi connectivity index (χ0n) is 7.37. The van der Waals surface area contributed by atoms with Crippen LogP contribution in [-0.4, -0.2) is 16.0 Å². The first-order valence-electron chi connectivity index (χ1n) is 3.68. The lowest BCUT2D eigenvalue weighted by atomic mass is 10.2. The van der Waals surface area contributed by atoms with E-state index in [1.807, 2.05) is 0 Å². The molecular formula is C8H10FN3O. The number of nitrogens with two attached hydrogens (primary N) is 1. The highest BCUT2D eigenvalue weighted by Gasteiger charge is 2.08. The Hall–Kier alpha value is -1.65. The van der Waals surface area contributed by atoms with Crippen molar-refractivity contribution < 1.29 is 9.60 Å². The third kappa shape index (κ3) is 1.74. The van der Waals surface area contributed by atoms with Crippen molar-refractivity contribution in [1.82, 2.24) is 4.98 Å². The fourth-order valence-electron chi connectivity index (χ4n) is 0.998. The Morgan fingerprint density at radius 2 is 2.23 bits per heavy atom. The fourth-order valence-corrected chi connectivity index (χ4v) is 0.998. The molecule has 5 heteroatoms. The van der Waals surface area contributed by atoms with Crippen LogP contribution in [0.25, 0.3) is 0 Å². The molecule has 0 aliphatic carbocycles. The van der Waals surface area contributed by atoms with Crippen molar-refractivity contribution in [2.24, 2.45) is 10.9 Å². The molecule has 0 aliphatic rings. The number of nitrogens with zero attached hydrogens (tertiary/aromatic N) is 2. The molecule has 4 nitrogen and oxygen atoms in total. The molecule has 1 heterocycles. The van der Waals surface area contributed by atoms with E-state index in [1.165, 1.54) is 13.0 Å². The van der Waals surface area contributed by atoms with E-state index in [-0.39, 0.29) is 23.0 Å². The Bertz CT molecular complexity index is 339. The van der Waals surface area contributed by atoms with Crippen LogP contribution in [0.2, 0.25) is 0 Å². The van der Waals surface area contributed by atoms with Crippen molar-refractivity contribution in [2.75, 3.05) is 0 Å². The lowest BCUT2D eigenvalue weighted by Gasteiger charge is -2.03. The zero-order chi connectivity index (χ0) is 10.0. The Morgan fingerprint density at radius 3 is 2.69 bits per heavy atom. The molecule has 3 N–H and O–H groups in total. The van der Waals surface area contributed by atoms with Crippen LogP contribution in [0.3, 0.4) is 0 Å². The van der Waals surface area contributed by atoms with E-state index in [1.54, 1.807) is 6.92 Å². The SMILES string of the molecule is Cc1cc(/C(N)=N/O)nc(C)c1F. The normalized spacial score (nSPS) is 11.8. The first-order chi connectivity index (χ1) is 6.06. The summed E-state index contributed by atoms with van der Waals surface area (Å²) in [5, 5.41) is 11.1. The molecular weight excluding hydrogens is 173 g/mol. The first-order valence-corrected chi connectivity index (χ1v) is 3.68. The van der Waals surface area contributed by atoms with Gasteiger partial charge in [0.25, 0.3) is 0 Å². The molecule has 0 aliphatic heterocycles. The van der Waals surface area contributed by atoms with Gasteiger partial charge in [-0.25, -0.2) is 9.37 Å². The van der Waals surface area contributed by atoms with Crippen LogP contribution in [0.4, 0.5) is 4.39 Å². The molecule has 0 bridgehead atoms. The van der Waals surface area contributed by atoms with Crippen LogP contribution in [-0.2, 0) is 0 Å². The van der Waals surface area contributed by atoms with Crippen molar-refractivity contribution in [3.8, 4) is 0 Å². The van der Waals surface area contributed by atoms with Gasteiger partial charge in [-0.1, -0.05) is 5.16 Å². The summed E-state index contributed by atoms with van der Waals surface area (Å²) in [5.41, 5.74) is 6.24.